The second-order valence-electron chi connectivity index (χ2n) is 6.27. The fourth-order valence-corrected chi connectivity index (χ4v) is 3.60. The van der Waals surface area contributed by atoms with E-state index >= 15 is 0 Å². The monoisotopic (exact) mass is 339 g/mol. The Hall–Kier alpha value is -2.02. The number of alkyl halides is 3. The Morgan fingerprint density at radius 2 is 1.75 bits per heavy atom. The highest BCUT2D eigenvalue weighted by Gasteiger charge is 2.40. The van der Waals surface area contributed by atoms with Gasteiger partial charge in [-0.2, -0.15) is 13.2 Å². The molecule has 1 aromatic heterocycles. The van der Waals surface area contributed by atoms with Gasteiger partial charge in [0.25, 0.3) is 0 Å². The molecule has 2 heterocycles. The number of imidazole rings is 1. The van der Waals surface area contributed by atoms with Crippen LogP contribution in [0.4, 0.5) is 24.8 Å². The number of nitrogens with zero attached hydrogens (tertiary/aromatic N) is 3. The Balaban J connectivity index is 2.19. The second kappa shape index (κ2) is 5.81. The molecule has 4 nitrogen and oxygen atoms in total. The Bertz CT molecular complexity index is 757. The van der Waals surface area contributed by atoms with Crippen LogP contribution in [0.2, 0.25) is 0 Å². The van der Waals surface area contributed by atoms with E-state index in [0.29, 0.717) is 19.5 Å². The van der Waals surface area contributed by atoms with Crippen molar-refractivity contribution in [3.8, 4) is 0 Å². The lowest BCUT2D eigenvalue weighted by Gasteiger charge is -2.32. The SMILES string of the molecule is Cc1cc(C)c(N2CCCn3c2nc(C(F)(F)F)c3CO)c(C)c1. The predicted octanol–water partition coefficient (Wildman–Crippen LogP) is 3.86. The summed E-state index contributed by atoms with van der Waals surface area (Å²) in [6.07, 6.45) is -3.88. The maximum Gasteiger partial charge on any atom is 0.435 e. The molecule has 0 atom stereocenters. The molecule has 2 aromatic rings. The third kappa shape index (κ3) is 2.66. The molecule has 0 fully saturated rings. The van der Waals surface area contributed by atoms with Crippen LogP contribution in [-0.2, 0) is 19.3 Å². The first-order chi connectivity index (χ1) is 11.2. The van der Waals surface area contributed by atoms with Gasteiger partial charge in [-0.25, -0.2) is 4.98 Å². The van der Waals surface area contributed by atoms with E-state index in [4.69, 9.17) is 0 Å². The van der Waals surface area contributed by atoms with Gasteiger partial charge < -0.3 is 14.6 Å². The van der Waals surface area contributed by atoms with Crippen LogP contribution in [-0.4, -0.2) is 21.2 Å². The Morgan fingerprint density at radius 3 is 2.29 bits per heavy atom. The van der Waals surface area contributed by atoms with Crippen molar-refractivity contribution in [2.24, 2.45) is 0 Å². The standard InChI is InChI=1S/C17H20F3N3O/c1-10-7-11(2)14(12(3)8-10)23-6-4-5-22-13(9-24)15(17(18,19)20)21-16(22)23/h7-8,24H,4-6,9H2,1-3H3. The summed E-state index contributed by atoms with van der Waals surface area (Å²) in [5, 5.41) is 9.45. The van der Waals surface area contributed by atoms with Crippen molar-refractivity contribution in [2.75, 3.05) is 11.4 Å². The summed E-state index contributed by atoms with van der Waals surface area (Å²) >= 11 is 0. The average Bonchev–Trinajstić information content (AvgIpc) is 2.85. The lowest BCUT2D eigenvalue weighted by molar-refractivity contribution is -0.142. The van der Waals surface area contributed by atoms with E-state index in [9.17, 15) is 18.3 Å². The summed E-state index contributed by atoms with van der Waals surface area (Å²) in [7, 11) is 0. The molecule has 130 valence electrons. The Labute approximate surface area is 138 Å². The molecule has 1 aliphatic heterocycles. The molecule has 24 heavy (non-hydrogen) atoms. The fourth-order valence-electron chi connectivity index (χ4n) is 3.60. The van der Waals surface area contributed by atoms with Crippen molar-refractivity contribution in [2.45, 2.75) is 46.5 Å². The van der Waals surface area contributed by atoms with Crippen LogP contribution in [0.3, 0.4) is 0 Å². The first-order valence-corrected chi connectivity index (χ1v) is 7.87. The van der Waals surface area contributed by atoms with E-state index in [0.717, 1.165) is 22.4 Å². The van der Waals surface area contributed by atoms with Gasteiger partial charge in [-0.1, -0.05) is 17.7 Å². The molecule has 0 radical (unpaired) electrons. The summed E-state index contributed by atoms with van der Waals surface area (Å²) < 4.78 is 41.3. The molecule has 7 heteroatoms. The van der Waals surface area contributed by atoms with Gasteiger partial charge >= 0.3 is 6.18 Å². The largest absolute Gasteiger partial charge is 0.435 e. The number of aryl methyl sites for hydroxylation is 3. The molecule has 1 aliphatic rings. The van der Waals surface area contributed by atoms with Crippen LogP contribution < -0.4 is 4.90 Å². The van der Waals surface area contributed by atoms with Crippen molar-refractivity contribution >= 4 is 11.6 Å². The number of aromatic nitrogens is 2. The molecule has 0 saturated carbocycles. The van der Waals surface area contributed by atoms with E-state index < -0.39 is 18.5 Å². The van der Waals surface area contributed by atoms with Crippen LogP contribution in [0, 0.1) is 20.8 Å². The van der Waals surface area contributed by atoms with Crippen molar-refractivity contribution in [3.63, 3.8) is 0 Å². The van der Waals surface area contributed by atoms with Gasteiger partial charge in [0.2, 0.25) is 5.95 Å². The minimum absolute atomic E-state index is 0.162. The number of aliphatic hydroxyl groups excluding tert-OH is 1. The van der Waals surface area contributed by atoms with Crippen molar-refractivity contribution in [3.05, 3.63) is 40.2 Å². The molecule has 0 aliphatic carbocycles. The van der Waals surface area contributed by atoms with Crippen LogP contribution in [0.25, 0.3) is 0 Å². The van der Waals surface area contributed by atoms with Gasteiger partial charge in [-0.3, -0.25) is 0 Å². The number of fused-ring (bicyclic) bond motifs is 1. The zero-order valence-electron chi connectivity index (χ0n) is 13.9. The Morgan fingerprint density at radius 1 is 1.12 bits per heavy atom. The number of halogens is 3. The summed E-state index contributed by atoms with van der Waals surface area (Å²) in [5.41, 5.74) is 2.86. The molecular formula is C17H20F3N3O. The zero-order chi connectivity index (χ0) is 17.6. The Kier molecular flexibility index (Phi) is 4.07. The minimum atomic E-state index is -4.58. The lowest BCUT2D eigenvalue weighted by atomic mass is 10.0. The van der Waals surface area contributed by atoms with Gasteiger partial charge in [-0.15, -0.1) is 0 Å². The van der Waals surface area contributed by atoms with Crippen molar-refractivity contribution in [1.82, 2.24) is 9.55 Å². The van der Waals surface area contributed by atoms with Crippen LogP contribution in [0.1, 0.15) is 34.5 Å². The van der Waals surface area contributed by atoms with E-state index in [1.807, 2.05) is 37.8 Å². The first kappa shape index (κ1) is 16.8. The maximum absolute atomic E-state index is 13.3. The van der Waals surface area contributed by atoms with Gasteiger partial charge in [0.15, 0.2) is 5.69 Å². The highest BCUT2D eigenvalue weighted by molar-refractivity contribution is 5.68. The normalized spacial score (nSPS) is 14.9. The van der Waals surface area contributed by atoms with Crippen LogP contribution in [0.5, 0.6) is 0 Å². The maximum atomic E-state index is 13.3. The van der Waals surface area contributed by atoms with Gasteiger partial charge in [0.1, 0.15) is 0 Å². The third-order valence-corrected chi connectivity index (χ3v) is 4.38. The summed E-state index contributed by atoms with van der Waals surface area (Å²) in [4.78, 5) is 5.69. The van der Waals surface area contributed by atoms with Gasteiger partial charge in [-0.05, 0) is 38.3 Å². The highest BCUT2D eigenvalue weighted by atomic mass is 19.4. The zero-order valence-corrected chi connectivity index (χ0v) is 13.9. The predicted molar refractivity (Wildman–Crippen MR) is 85.4 cm³/mol. The number of hydrogen-bond acceptors (Lipinski definition) is 3. The summed E-state index contributed by atoms with van der Waals surface area (Å²) in [6.45, 7) is 6.25. The quantitative estimate of drug-likeness (QED) is 0.903. The lowest BCUT2D eigenvalue weighted by Crippen LogP contribution is -2.30. The van der Waals surface area contributed by atoms with E-state index in [1.54, 1.807) is 0 Å². The fraction of sp³-hybridized carbons (Fsp3) is 0.471. The summed E-state index contributed by atoms with van der Waals surface area (Å²) in [5.74, 6) is 0.257. The molecular weight excluding hydrogens is 319 g/mol. The number of benzene rings is 1. The molecule has 0 spiro atoms. The topological polar surface area (TPSA) is 41.3 Å². The van der Waals surface area contributed by atoms with Crippen molar-refractivity contribution in [1.29, 1.82) is 0 Å². The van der Waals surface area contributed by atoms with Crippen LogP contribution in [0.15, 0.2) is 12.1 Å². The number of hydrogen-bond donors (Lipinski definition) is 1. The second-order valence-corrected chi connectivity index (χ2v) is 6.27. The molecule has 1 N–H and O–H groups in total. The molecule has 0 amide bonds. The van der Waals surface area contributed by atoms with Gasteiger partial charge in [0.05, 0.1) is 12.3 Å². The molecule has 1 aromatic carbocycles. The minimum Gasteiger partial charge on any atom is -0.390 e. The smallest absolute Gasteiger partial charge is 0.390 e. The molecule has 0 unspecified atom stereocenters. The number of anilines is 2. The average molecular weight is 339 g/mol. The van der Waals surface area contributed by atoms with E-state index in [2.05, 4.69) is 4.98 Å². The number of rotatable bonds is 2. The molecule has 3 rings (SSSR count). The van der Waals surface area contributed by atoms with Gasteiger partial charge in [0, 0.05) is 18.8 Å². The first-order valence-electron chi connectivity index (χ1n) is 7.87. The third-order valence-electron chi connectivity index (χ3n) is 4.38. The van der Waals surface area contributed by atoms with Crippen LogP contribution >= 0.6 is 0 Å². The highest BCUT2D eigenvalue weighted by Crippen LogP contribution is 2.39. The molecule has 0 saturated heterocycles. The van der Waals surface area contributed by atoms with E-state index in [-0.39, 0.29) is 11.6 Å². The summed E-state index contributed by atoms with van der Waals surface area (Å²) in [6, 6.07) is 4.03. The van der Waals surface area contributed by atoms with Crippen molar-refractivity contribution < 1.29 is 18.3 Å². The van der Waals surface area contributed by atoms with E-state index in [1.165, 1.54) is 4.57 Å². The number of aliphatic hydroxyl groups is 1. The molecule has 0 bridgehead atoms.